The molecule has 26 heavy (non-hydrogen) atoms. The Labute approximate surface area is 170 Å². The molecule has 1 fully saturated rings. The van der Waals surface area contributed by atoms with Crippen LogP contribution in [0.5, 0.6) is 0 Å². The smallest absolute Gasteiger partial charge is 0.355 e. The summed E-state index contributed by atoms with van der Waals surface area (Å²) in [6, 6.07) is 10.4. The summed E-state index contributed by atoms with van der Waals surface area (Å²) in [5, 5.41) is 3.18. The first-order chi connectivity index (χ1) is 11.9. The number of aliphatic imine (C=N–C) groups is 1. The molecule has 1 aromatic carbocycles. The first-order valence-electron chi connectivity index (χ1n) is 8.62. The number of halogens is 4. The number of benzene rings is 1. The van der Waals surface area contributed by atoms with Crippen LogP contribution in [0.3, 0.4) is 0 Å². The predicted octanol–water partition coefficient (Wildman–Crippen LogP) is 3.24. The fraction of sp³-hybridized carbons (Fsp3) is 0.611. The van der Waals surface area contributed by atoms with E-state index in [9.17, 15) is 13.2 Å². The van der Waals surface area contributed by atoms with Gasteiger partial charge in [-0.3, -0.25) is 9.89 Å². The van der Waals surface area contributed by atoms with Crippen molar-refractivity contribution in [3.63, 3.8) is 0 Å². The van der Waals surface area contributed by atoms with E-state index in [0.29, 0.717) is 19.0 Å². The fourth-order valence-electron chi connectivity index (χ4n) is 3.22. The molecule has 4 nitrogen and oxygen atoms in total. The molecule has 0 aliphatic carbocycles. The highest BCUT2D eigenvalue weighted by Crippen LogP contribution is 2.21. The molecular weight excluding hydrogens is 456 g/mol. The lowest BCUT2D eigenvalue weighted by atomic mass is 9.99. The average molecular weight is 484 g/mol. The number of alkyl halides is 3. The Morgan fingerprint density at radius 3 is 2.62 bits per heavy atom. The van der Waals surface area contributed by atoms with E-state index in [-0.39, 0.29) is 24.0 Å². The van der Waals surface area contributed by atoms with Crippen LogP contribution in [0.2, 0.25) is 0 Å². The molecule has 1 atom stereocenters. The first kappa shape index (κ1) is 23.0. The number of likely N-dealkylation sites (tertiary alicyclic amines) is 1. The Bertz CT molecular complexity index is 551. The van der Waals surface area contributed by atoms with E-state index in [1.54, 1.807) is 7.05 Å². The van der Waals surface area contributed by atoms with Crippen LogP contribution in [0, 0.1) is 5.92 Å². The van der Waals surface area contributed by atoms with Crippen molar-refractivity contribution in [2.75, 3.05) is 46.8 Å². The topological polar surface area (TPSA) is 30.9 Å². The lowest BCUT2D eigenvalue weighted by Gasteiger charge is -2.24. The molecule has 1 heterocycles. The van der Waals surface area contributed by atoms with Crippen molar-refractivity contribution < 1.29 is 13.2 Å². The molecule has 8 heteroatoms. The van der Waals surface area contributed by atoms with Gasteiger partial charge in [0.1, 0.15) is 0 Å². The molecular formula is C18H28F3IN4. The van der Waals surface area contributed by atoms with Gasteiger partial charge in [-0.05, 0) is 31.4 Å². The van der Waals surface area contributed by atoms with Crippen molar-refractivity contribution in [2.24, 2.45) is 10.9 Å². The van der Waals surface area contributed by atoms with Crippen LogP contribution in [0.15, 0.2) is 35.3 Å². The molecule has 1 aliphatic heterocycles. The van der Waals surface area contributed by atoms with Crippen LogP contribution in [0.1, 0.15) is 12.0 Å². The third-order valence-corrected chi connectivity index (χ3v) is 4.39. The zero-order valence-electron chi connectivity index (χ0n) is 15.3. The normalized spacial score (nSPS) is 18.2. The monoisotopic (exact) mass is 484 g/mol. The summed E-state index contributed by atoms with van der Waals surface area (Å²) in [4.78, 5) is 7.73. The van der Waals surface area contributed by atoms with Gasteiger partial charge < -0.3 is 10.2 Å². The van der Waals surface area contributed by atoms with Crippen LogP contribution < -0.4 is 5.32 Å². The van der Waals surface area contributed by atoms with Crippen LogP contribution in [-0.4, -0.2) is 68.8 Å². The summed E-state index contributed by atoms with van der Waals surface area (Å²) in [7, 11) is 3.19. The minimum atomic E-state index is -4.16. The number of nitrogens with one attached hydrogen (secondary N) is 1. The Kier molecular flexibility index (Phi) is 9.70. The number of guanidine groups is 1. The Morgan fingerprint density at radius 1 is 1.31 bits per heavy atom. The fourth-order valence-corrected chi connectivity index (χ4v) is 3.22. The maximum atomic E-state index is 12.3. The van der Waals surface area contributed by atoms with E-state index in [0.717, 1.165) is 31.9 Å². The SMILES string of the molecule is CN=C(NCCN(C)CC(F)(F)F)N1CCC(Cc2ccccc2)C1.I. The van der Waals surface area contributed by atoms with E-state index in [4.69, 9.17) is 0 Å². The van der Waals surface area contributed by atoms with Gasteiger partial charge in [-0.1, -0.05) is 30.3 Å². The van der Waals surface area contributed by atoms with Crippen LogP contribution in [0.25, 0.3) is 0 Å². The van der Waals surface area contributed by atoms with Crippen LogP contribution >= 0.6 is 24.0 Å². The van der Waals surface area contributed by atoms with Crippen molar-refractivity contribution >= 4 is 29.9 Å². The van der Waals surface area contributed by atoms with E-state index in [1.807, 2.05) is 6.07 Å². The highest BCUT2D eigenvalue weighted by atomic mass is 127. The maximum Gasteiger partial charge on any atom is 0.401 e. The number of likely N-dealkylation sites (N-methyl/N-ethyl adjacent to an activating group) is 1. The van der Waals surface area contributed by atoms with E-state index in [2.05, 4.69) is 39.5 Å². The predicted molar refractivity (Wildman–Crippen MR) is 110 cm³/mol. The van der Waals surface area contributed by atoms with Gasteiger partial charge in [0, 0.05) is 33.2 Å². The van der Waals surface area contributed by atoms with Gasteiger partial charge in [-0.15, -0.1) is 24.0 Å². The Hall–Kier alpha value is -1.03. The molecule has 0 aromatic heterocycles. The summed E-state index contributed by atoms with van der Waals surface area (Å²) in [5.74, 6) is 1.35. The first-order valence-corrected chi connectivity index (χ1v) is 8.62. The average Bonchev–Trinajstić information content (AvgIpc) is 2.99. The lowest BCUT2D eigenvalue weighted by Crippen LogP contribution is -2.44. The molecule has 1 aliphatic rings. The van der Waals surface area contributed by atoms with Crippen molar-refractivity contribution in [3.05, 3.63) is 35.9 Å². The van der Waals surface area contributed by atoms with Gasteiger partial charge in [0.05, 0.1) is 6.54 Å². The molecule has 0 saturated carbocycles. The highest BCUT2D eigenvalue weighted by molar-refractivity contribution is 14.0. The third-order valence-electron chi connectivity index (χ3n) is 4.39. The van der Waals surface area contributed by atoms with E-state index < -0.39 is 12.7 Å². The summed E-state index contributed by atoms with van der Waals surface area (Å²) in [6.07, 6.45) is -2.01. The molecule has 0 spiro atoms. The summed E-state index contributed by atoms with van der Waals surface area (Å²) < 4.78 is 37.0. The highest BCUT2D eigenvalue weighted by Gasteiger charge is 2.29. The second-order valence-electron chi connectivity index (χ2n) is 6.62. The lowest BCUT2D eigenvalue weighted by molar-refractivity contribution is -0.142. The molecule has 0 amide bonds. The van der Waals surface area contributed by atoms with E-state index >= 15 is 0 Å². The minimum absolute atomic E-state index is 0. The molecule has 1 saturated heterocycles. The second kappa shape index (κ2) is 11.0. The summed E-state index contributed by atoms with van der Waals surface area (Å²) in [5.41, 5.74) is 1.34. The molecule has 1 unspecified atom stereocenters. The van der Waals surface area contributed by atoms with Crippen molar-refractivity contribution in [1.82, 2.24) is 15.1 Å². The van der Waals surface area contributed by atoms with Gasteiger partial charge in [0.15, 0.2) is 5.96 Å². The number of nitrogens with zero attached hydrogens (tertiary/aromatic N) is 3. The van der Waals surface area contributed by atoms with Gasteiger partial charge in [0.25, 0.3) is 0 Å². The van der Waals surface area contributed by atoms with Gasteiger partial charge >= 0.3 is 6.18 Å². The van der Waals surface area contributed by atoms with Crippen molar-refractivity contribution in [1.29, 1.82) is 0 Å². The van der Waals surface area contributed by atoms with Crippen molar-refractivity contribution in [2.45, 2.75) is 19.0 Å². The second-order valence-corrected chi connectivity index (χ2v) is 6.62. The standard InChI is InChI=1S/C18H27F3N4.HI/c1-22-17(23-9-11-24(2)14-18(19,20)21)25-10-8-16(13-25)12-15-6-4-3-5-7-15;/h3-7,16H,8-14H2,1-2H3,(H,22,23);1H. The molecule has 1 aromatic rings. The Morgan fingerprint density at radius 2 is 2.00 bits per heavy atom. The zero-order valence-corrected chi connectivity index (χ0v) is 17.6. The van der Waals surface area contributed by atoms with Crippen LogP contribution in [-0.2, 0) is 6.42 Å². The number of rotatable bonds is 6. The molecule has 2 rings (SSSR count). The summed E-state index contributed by atoms with van der Waals surface area (Å²) >= 11 is 0. The quantitative estimate of drug-likeness (QED) is 0.382. The molecule has 1 N–H and O–H groups in total. The Balaban J connectivity index is 0.00000338. The number of hydrogen-bond acceptors (Lipinski definition) is 2. The molecule has 0 radical (unpaired) electrons. The maximum absolute atomic E-state index is 12.3. The minimum Gasteiger partial charge on any atom is -0.355 e. The van der Waals surface area contributed by atoms with Gasteiger partial charge in [-0.25, -0.2) is 0 Å². The van der Waals surface area contributed by atoms with Gasteiger partial charge in [0.2, 0.25) is 0 Å². The zero-order chi connectivity index (χ0) is 18.3. The third kappa shape index (κ3) is 8.11. The van der Waals surface area contributed by atoms with Crippen molar-refractivity contribution in [3.8, 4) is 0 Å². The van der Waals surface area contributed by atoms with Gasteiger partial charge in [-0.2, -0.15) is 13.2 Å². The summed E-state index contributed by atoms with van der Waals surface area (Å²) in [6.45, 7) is 1.72. The largest absolute Gasteiger partial charge is 0.401 e. The molecule has 148 valence electrons. The number of hydrogen-bond donors (Lipinski definition) is 1. The van der Waals surface area contributed by atoms with E-state index in [1.165, 1.54) is 17.5 Å². The van der Waals surface area contributed by atoms with Crippen LogP contribution in [0.4, 0.5) is 13.2 Å². The molecule has 0 bridgehead atoms.